The molecule has 13 heavy (non-hydrogen) atoms. The predicted molar refractivity (Wildman–Crippen MR) is 51.9 cm³/mol. The van der Waals surface area contributed by atoms with Gasteiger partial charge in [0.2, 0.25) is 5.12 Å². The molecule has 0 aromatic heterocycles. The van der Waals surface area contributed by atoms with E-state index < -0.39 is 5.12 Å². The van der Waals surface area contributed by atoms with Gasteiger partial charge in [-0.05, 0) is 12.1 Å². The van der Waals surface area contributed by atoms with Crippen LogP contribution in [0, 0.1) is 0 Å². The molecular weight excluding hydrogens is 373 g/mol. The van der Waals surface area contributed by atoms with Crippen LogP contribution in [0.2, 0.25) is 3.93 Å². The summed E-state index contributed by atoms with van der Waals surface area (Å²) >= 11 is 4.62. The Hall–Kier alpha value is -0.0249. The summed E-state index contributed by atoms with van der Waals surface area (Å²) in [5.41, 5.74) is 0.242. The van der Waals surface area contributed by atoms with Gasteiger partial charge in [0.25, 0.3) is 0 Å². The Kier molecular flexibility index (Phi) is 7.37. The van der Waals surface area contributed by atoms with Gasteiger partial charge in [0.05, 0.1) is 5.56 Å². The molecule has 0 bridgehead atoms. The average molecular weight is 384 g/mol. The van der Waals surface area contributed by atoms with Crippen LogP contribution in [0.25, 0.3) is 0 Å². The molecule has 1 aromatic carbocycles. The summed E-state index contributed by atoms with van der Waals surface area (Å²) in [6.07, 6.45) is 0. The van der Waals surface area contributed by atoms with Crippen molar-refractivity contribution in [2.75, 3.05) is 0 Å². The fourth-order valence-corrected chi connectivity index (χ4v) is 0.844. The van der Waals surface area contributed by atoms with Gasteiger partial charge in [-0.3, -0.25) is 4.79 Å². The molecule has 0 atom stereocenters. The zero-order chi connectivity index (χ0) is 10.3. The third kappa shape index (κ3) is 5.31. The molecule has 0 unspecified atom stereocenters. The van der Waals surface area contributed by atoms with Gasteiger partial charge < -0.3 is 5.11 Å². The molecule has 1 rings (SSSR count). The smallest absolute Gasteiger partial charge is 0.220 e. The molecule has 0 heterocycles. The monoisotopic (exact) mass is 385 g/mol. The van der Waals surface area contributed by atoms with Gasteiger partial charge in [-0.2, -0.15) is 0 Å². The van der Waals surface area contributed by atoms with Crippen molar-refractivity contribution in [1.82, 2.24) is 0 Å². The van der Waals surface area contributed by atoms with Crippen molar-refractivity contribution in [2.45, 2.75) is 10.9 Å². The summed E-state index contributed by atoms with van der Waals surface area (Å²) in [5, 5.41) is 8.59. The molecular formula is C9H11HgO2S. The minimum atomic E-state index is -0.418. The first-order chi connectivity index (χ1) is 6.13. The van der Waals surface area contributed by atoms with E-state index >= 15 is 0 Å². The number of rotatable bonds is 1. The molecule has 1 aromatic rings. The Balaban J connectivity index is 0.000000424. The largest absolute Gasteiger partial charge is 0.507 e. The molecule has 0 aliphatic carbocycles. The second-order valence-corrected chi connectivity index (χ2v) is 6.62. The van der Waals surface area contributed by atoms with E-state index in [0.717, 1.165) is 26.1 Å². The number of phenolic OH excluding ortho intramolecular Hbond substituents is 1. The van der Waals surface area contributed by atoms with E-state index in [9.17, 15) is 4.79 Å². The quantitative estimate of drug-likeness (QED) is 0.577. The Labute approximate surface area is 99.7 Å². The van der Waals surface area contributed by atoms with Crippen LogP contribution in [0.4, 0.5) is 0 Å². The summed E-state index contributed by atoms with van der Waals surface area (Å²) in [6, 6.07) is 6.28. The van der Waals surface area contributed by atoms with Crippen molar-refractivity contribution >= 4 is 17.7 Å². The van der Waals surface area contributed by atoms with Gasteiger partial charge >= 0.3 is 37.0 Å². The average Bonchev–Trinajstić information content (AvgIpc) is 2.06. The first kappa shape index (κ1) is 13.0. The van der Waals surface area contributed by atoms with E-state index in [4.69, 9.17) is 5.11 Å². The van der Waals surface area contributed by atoms with E-state index in [1.807, 2.05) is 0 Å². The molecule has 0 saturated heterocycles. The predicted octanol–water partition coefficient (Wildman–Crippen LogP) is 2.43. The molecule has 2 nitrogen and oxygen atoms in total. The number of hydrogen-bond acceptors (Lipinski definition) is 2. The van der Waals surface area contributed by atoms with E-state index in [1.54, 1.807) is 12.1 Å². The molecule has 4 heteroatoms. The fraction of sp³-hybridized carbons (Fsp3) is 0.222. The minimum absolute atomic E-state index is 0.0255. The number of carbonyl (C=O) groups is 1. The molecule has 0 aliphatic heterocycles. The van der Waals surface area contributed by atoms with Gasteiger partial charge in [-0.15, -0.1) is 12.6 Å². The van der Waals surface area contributed by atoms with Gasteiger partial charge in [0.15, 0.2) is 0 Å². The van der Waals surface area contributed by atoms with E-state index in [2.05, 4.69) is 19.6 Å². The minimum Gasteiger partial charge on any atom is -0.507 e. The normalized spacial score (nSPS) is 8.62. The van der Waals surface area contributed by atoms with E-state index in [0.29, 0.717) is 0 Å². The number of phenols is 1. The molecule has 0 saturated carbocycles. The summed E-state index contributed by atoms with van der Waals surface area (Å²) < 4.78 is 1.44. The molecule has 0 amide bonds. The second-order valence-electron chi connectivity index (χ2n) is 2.32. The molecule has 0 fully saturated rings. The summed E-state index contributed by atoms with van der Waals surface area (Å²) in [5.74, 6) is -0.0255. The maximum absolute atomic E-state index is 10.6. The zero-order valence-corrected chi connectivity index (χ0v) is 13.9. The van der Waals surface area contributed by atoms with Gasteiger partial charge in [-0.25, -0.2) is 0 Å². The van der Waals surface area contributed by atoms with Crippen LogP contribution in [-0.2, 0) is 26.1 Å². The van der Waals surface area contributed by atoms with Crippen molar-refractivity contribution in [3.8, 4) is 5.75 Å². The Morgan fingerprint density at radius 3 is 2.31 bits per heavy atom. The molecule has 0 radical (unpaired) electrons. The molecule has 0 spiro atoms. The van der Waals surface area contributed by atoms with Crippen molar-refractivity contribution in [3.05, 3.63) is 29.8 Å². The zero-order valence-electron chi connectivity index (χ0n) is 7.53. The maximum Gasteiger partial charge on any atom is 0.220 e. The molecule has 0 aliphatic rings. The molecule has 67 valence electrons. The van der Waals surface area contributed by atoms with Crippen LogP contribution in [0.3, 0.4) is 0 Å². The van der Waals surface area contributed by atoms with Crippen molar-refractivity contribution in [1.29, 1.82) is 0 Å². The molecule has 1 N–H and O–H groups in total. The van der Waals surface area contributed by atoms with Crippen LogP contribution in [0.5, 0.6) is 5.75 Å². The number of para-hydroxylation sites is 1. The van der Waals surface area contributed by atoms with Crippen LogP contribution < -0.4 is 0 Å². The Morgan fingerprint density at radius 1 is 1.54 bits per heavy atom. The summed E-state index contributed by atoms with van der Waals surface area (Å²) in [4.78, 5) is 10.6. The van der Waals surface area contributed by atoms with Crippen LogP contribution in [-0.4, -0.2) is 10.2 Å². The SMILES string of the molecule is C[CH2][Hg].O=C(S)c1ccccc1O. The van der Waals surface area contributed by atoms with Crippen molar-refractivity contribution < 1.29 is 36.0 Å². The number of aromatic hydroxyl groups is 1. The number of hydrogen-bond donors (Lipinski definition) is 2. The number of benzene rings is 1. The number of thiol groups is 1. The van der Waals surface area contributed by atoms with Gasteiger partial charge in [0, 0.05) is 0 Å². The van der Waals surface area contributed by atoms with Gasteiger partial charge in [0.1, 0.15) is 5.75 Å². The van der Waals surface area contributed by atoms with Crippen LogP contribution in [0.1, 0.15) is 17.3 Å². The Morgan fingerprint density at radius 2 is 2.00 bits per heavy atom. The maximum atomic E-state index is 10.6. The van der Waals surface area contributed by atoms with E-state index in [1.165, 1.54) is 16.1 Å². The summed E-state index contributed by atoms with van der Waals surface area (Å²) in [6.45, 7) is 2.21. The first-order valence-electron chi connectivity index (χ1n) is 3.94. The van der Waals surface area contributed by atoms with Crippen molar-refractivity contribution in [2.24, 2.45) is 0 Å². The summed E-state index contributed by atoms with van der Waals surface area (Å²) in [7, 11) is 0. The third-order valence-corrected chi connectivity index (χ3v) is 1.38. The topological polar surface area (TPSA) is 37.3 Å². The van der Waals surface area contributed by atoms with Crippen molar-refractivity contribution in [3.63, 3.8) is 0 Å². The third-order valence-electron chi connectivity index (χ3n) is 1.13. The Bertz CT molecular complexity index is 276. The van der Waals surface area contributed by atoms with E-state index in [-0.39, 0.29) is 11.3 Å². The fourth-order valence-electron chi connectivity index (χ4n) is 0.654. The second kappa shape index (κ2) is 7.39. The first-order valence-corrected chi connectivity index (χ1v) is 8.27. The van der Waals surface area contributed by atoms with Crippen LogP contribution in [0.15, 0.2) is 24.3 Å². The van der Waals surface area contributed by atoms with Gasteiger partial charge in [-0.1, -0.05) is 12.1 Å². The van der Waals surface area contributed by atoms with Crippen LogP contribution >= 0.6 is 12.6 Å². The standard InChI is InChI=1S/C7H6O2S.C2H5.Hg/c8-6-4-2-1-3-5(6)7(9)10;1-2;/h1-4,8H,(H,9,10);1H2,2H3;. The number of carbonyl (C=O) groups excluding carboxylic acids is 1.